The summed E-state index contributed by atoms with van der Waals surface area (Å²) in [6, 6.07) is 7.42. The molecule has 1 aromatic heterocycles. The standard InChI is InChI=1S/C24H29N5O5/c1-3-14-7-9-16(10-8-14)25-21(31)17-12-18(30)26-20-19(17)22(32)28-24(27-20)29-11-5-6-15(13-29)23(33)34-4-2/h7-10,15,17H,3-6,11-13H2,1-2H3,(H,25,31)(H2,26,27,28,30,32). The number of fused-ring (bicyclic) bond motifs is 1. The smallest absolute Gasteiger partial charge is 0.310 e. The lowest BCUT2D eigenvalue weighted by atomic mass is 9.92. The number of aromatic amines is 1. The fourth-order valence-electron chi connectivity index (χ4n) is 4.41. The van der Waals surface area contributed by atoms with Gasteiger partial charge in [-0.25, -0.2) is 0 Å². The maximum absolute atomic E-state index is 13.1. The molecule has 3 N–H and O–H groups in total. The molecule has 180 valence electrons. The molecule has 0 aliphatic carbocycles. The summed E-state index contributed by atoms with van der Waals surface area (Å²) in [5, 5.41) is 5.43. The molecule has 34 heavy (non-hydrogen) atoms. The van der Waals surface area contributed by atoms with Crippen molar-refractivity contribution in [3.05, 3.63) is 45.7 Å². The molecule has 10 nitrogen and oxygen atoms in total. The Hall–Kier alpha value is -3.69. The van der Waals surface area contributed by atoms with Gasteiger partial charge in [0.05, 0.1) is 24.0 Å². The van der Waals surface area contributed by atoms with Gasteiger partial charge in [-0.05, 0) is 43.9 Å². The molecule has 0 bridgehead atoms. The molecule has 2 atom stereocenters. The van der Waals surface area contributed by atoms with Crippen molar-refractivity contribution < 1.29 is 19.1 Å². The lowest BCUT2D eigenvalue weighted by Crippen LogP contribution is -2.42. The molecule has 0 saturated carbocycles. The van der Waals surface area contributed by atoms with E-state index < -0.39 is 17.4 Å². The van der Waals surface area contributed by atoms with Gasteiger partial charge in [-0.2, -0.15) is 4.98 Å². The molecule has 2 aliphatic heterocycles. The van der Waals surface area contributed by atoms with Crippen molar-refractivity contribution in [3.8, 4) is 0 Å². The Bertz CT molecular complexity index is 1140. The highest BCUT2D eigenvalue weighted by molar-refractivity contribution is 6.04. The summed E-state index contributed by atoms with van der Waals surface area (Å²) < 4.78 is 5.14. The minimum absolute atomic E-state index is 0.0785. The second-order valence-corrected chi connectivity index (χ2v) is 8.53. The number of hydrogen-bond donors (Lipinski definition) is 3. The Morgan fingerprint density at radius 1 is 1.21 bits per heavy atom. The number of esters is 1. The van der Waals surface area contributed by atoms with Crippen molar-refractivity contribution in [1.29, 1.82) is 0 Å². The molecule has 0 spiro atoms. The summed E-state index contributed by atoms with van der Waals surface area (Å²) >= 11 is 0. The molecule has 1 fully saturated rings. The van der Waals surface area contributed by atoms with Gasteiger partial charge in [0.1, 0.15) is 5.82 Å². The molecule has 1 saturated heterocycles. The van der Waals surface area contributed by atoms with Crippen LogP contribution < -0.4 is 21.1 Å². The molecule has 2 unspecified atom stereocenters. The summed E-state index contributed by atoms with van der Waals surface area (Å²) in [4.78, 5) is 59.6. The second-order valence-electron chi connectivity index (χ2n) is 8.53. The van der Waals surface area contributed by atoms with Crippen LogP contribution >= 0.6 is 0 Å². The van der Waals surface area contributed by atoms with Gasteiger partial charge < -0.3 is 20.3 Å². The highest BCUT2D eigenvalue weighted by Crippen LogP contribution is 2.31. The van der Waals surface area contributed by atoms with Crippen molar-refractivity contribution in [1.82, 2.24) is 9.97 Å². The molecule has 0 radical (unpaired) electrons. The van der Waals surface area contributed by atoms with Gasteiger partial charge in [0, 0.05) is 25.2 Å². The first-order valence-electron chi connectivity index (χ1n) is 11.6. The summed E-state index contributed by atoms with van der Waals surface area (Å²) in [5.74, 6) is -2.05. The van der Waals surface area contributed by atoms with E-state index in [0.717, 1.165) is 18.4 Å². The number of aromatic nitrogens is 2. The quantitative estimate of drug-likeness (QED) is 0.555. The minimum atomic E-state index is -0.964. The normalized spacial score (nSPS) is 19.7. The van der Waals surface area contributed by atoms with Crippen molar-refractivity contribution in [2.45, 2.75) is 45.4 Å². The summed E-state index contributed by atoms with van der Waals surface area (Å²) in [6.07, 6.45) is 2.16. The van der Waals surface area contributed by atoms with Gasteiger partial charge >= 0.3 is 5.97 Å². The van der Waals surface area contributed by atoms with E-state index in [1.807, 2.05) is 19.1 Å². The number of nitrogens with one attached hydrogen (secondary N) is 3. The zero-order chi connectivity index (χ0) is 24.2. The number of carbonyl (C=O) groups excluding carboxylic acids is 3. The van der Waals surface area contributed by atoms with E-state index in [1.165, 1.54) is 0 Å². The van der Waals surface area contributed by atoms with Crippen molar-refractivity contribution in [2.75, 3.05) is 35.2 Å². The SMILES string of the molecule is CCOC(=O)C1CCCN(c2nc3c(c(=O)[nH]2)C(C(=O)Nc2ccc(CC)cc2)CC(=O)N3)C1. The lowest BCUT2D eigenvalue weighted by Gasteiger charge is -2.32. The molecule has 2 amide bonds. The monoisotopic (exact) mass is 467 g/mol. The number of H-pyrrole nitrogens is 1. The van der Waals surface area contributed by atoms with E-state index >= 15 is 0 Å². The predicted molar refractivity (Wildman–Crippen MR) is 127 cm³/mol. The number of amides is 2. The van der Waals surface area contributed by atoms with Crippen LogP contribution in [0.25, 0.3) is 0 Å². The molecule has 10 heteroatoms. The second kappa shape index (κ2) is 10.1. The molecule has 3 heterocycles. The van der Waals surface area contributed by atoms with Gasteiger partial charge in [-0.15, -0.1) is 0 Å². The summed E-state index contributed by atoms with van der Waals surface area (Å²) in [5.41, 5.74) is 1.37. The highest BCUT2D eigenvalue weighted by atomic mass is 16.5. The number of aryl methyl sites for hydroxylation is 1. The summed E-state index contributed by atoms with van der Waals surface area (Å²) in [6.45, 7) is 5.06. The topological polar surface area (TPSA) is 133 Å². The van der Waals surface area contributed by atoms with Crippen LogP contribution in [0.3, 0.4) is 0 Å². The molecular weight excluding hydrogens is 438 g/mol. The predicted octanol–water partition coefficient (Wildman–Crippen LogP) is 2.18. The van der Waals surface area contributed by atoms with Gasteiger partial charge in [0.2, 0.25) is 17.8 Å². The van der Waals surface area contributed by atoms with Crippen LogP contribution in [0.2, 0.25) is 0 Å². The Labute approximate surface area is 197 Å². The fourth-order valence-corrected chi connectivity index (χ4v) is 4.41. The van der Waals surface area contributed by atoms with E-state index in [1.54, 1.807) is 24.0 Å². The summed E-state index contributed by atoms with van der Waals surface area (Å²) in [7, 11) is 0. The Balaban J connectivity index is 1.57. The van der Waals surface area contributed by atoms with E-state index in [4.69, 9.17) is 4.74 Å². The number of piperidine rings is 1. The van der Waals surface area contributed by atoms with E-state index in [9.17, 15) is 19.2 Å². The van der Waals surface area contributed by atoms with Crippen LogP contribution in [0, 0.1) is 5.92 Å². The zero-order valence-electron chi connectivity index (χ0n) is 19.3. The molecular formula is C24H29N5O5. The highest BCUT2D eigenvalue weighted by Gasteiger charge is 2.36. The van der Waals surface area contributed by atoms with Crippen molar-refractivity contribution in [3.63, 3.8) is 0 Å². The first-order valence-corrected chi connectivity index (χ1v) is 11.6. The Morgan fingerprint density at radius 3 is 2.68 bits per heavy atom. The number of benzene rings is 1. The molecule has 2 aliphatic rings. The van der Waals surface area contributed by atoms with Gasteiger partial charge in [-0.3, -0.25) is 24.2 Å². The third-order valence-electron chi connectivity index (χ3n) is 6.23. The maximum atomic E-state index is 13.1. The van der Waals surface area contributed by atoms with Crippen LogP contribution in [0.4, 0.5) is 17.5 Å². The third kappa shape index (κ3) is 4.95. The molecule has 2 aromatic rings. The molecule has 4 rings (SSSR count). The van der Waals surface area contributed by atoms with E-state index in [-0.39, 0.29) is 41.5 Å². The average molecular weight is 468 g/mol. The van der Waals surface area contributed by atoms with Crippen LogP contribution in [-0.4, -0.2) is 47.4 Å². The Morgan fingerprint density at radius 2 is 1.97 bits per heavy atom. The van der Waals surface area contributed by atoms with Crippen molar-refractivity contribution in [2.24, 2.45) is 5.92 Å². The number of anilines is 3. The first kappa shape index (κ1) is 23.5. The van der Waals surface area contributed by atoms with Gasteiger partial charge in [0.25, 0.3) is 5.56 Å². The van der Waals surface area contributed by atoms with Gasteiger partial charge in [0.15, 0.2) is 0 Å². The lowest BCUT2D eigenvalue weighted by molar-refractivity contribution is -0.148. The van der Waals surface area contributed by atoms with Crippen LogP contribution in [-0.2, 0) is 25.5 Å². The largest absolute Gasteiger partial charge is 0.466 e. The van der Waals surface area contributed by atoms with Crippen molar-refractivity contribution >= 4 is 35.2 Å². The first-order chi connectivity index (χ1) is 16.4. The Kier molecular flexibility index (Phi) is 6.95. The van der Waals surface area contributed by atoms with E-state index in [0.29, 0.717) is 31.8 Å². The number of ether oxygens (including phenoxy) is 1. The number of carbonyl (C=O) groups is 3. The minimum Gasteiger partial charge on any atom is -0.466 e. The van der Waals surface area contributed by atoms with Crippen LogP contribution in [0.15, 0.2) is 29.1 Å². The number of rotatable bonds is 6. The zero-order valence-corrected chi connectivity index (χ0v) is 19.3. The maximum Gasteiger partial charge on any atom is 0.310 e. The third-order valence-corrected chi connectivity index (χ3v) is 6.23. The average Bonchev–Trinajstić information content (AvgIpc) is 2.84. The van der Waals surface area contributed by atoms with Crippen LogP contribution in [0.5, 0.6) is 0 Å². The van der Waals surface area contributed by atoms with Crippen LogP contribution in [0.1, 0.15) is 50.2 Å². The fraction of sp³-hybridized carbons (Fsp3) is 0.458. The number of nitrogens with zero attached hydrogens (tertiary/aromatic N) is 2. The number of hydrogen-bond acceptors (Lipinski definition) is 7. The van der Waals surface area contributed by atoms with Gasteiger partial charge in [-0.1, -0.05) is 19.1 Å². The van der Waals surface area contributed by atoms with E-state index in [2.05, 4.69) is 20.6 Å². The molecule has 1 aromatic carbocycles.